The number of nitrogens with zero attached hydrogens (tertiary/aromatic N) is 2. The van der Waals surface area contributed by atoms with Gasteiger partial charge in [-0.1, -0.05) is 12.8 Å². The Bertz CT molecular complexity index is 424. The van der Waals surface area contributed by atoms with Gasteiger partial charge in [-0.2, -0.15) is 0 Å². The number of carbonyl (C=O) groups is 1. The fourth-order valence-electron chi connectivity index (χ4n) is 2.38. The fraction of sp³-hybridized carbons (Fsp3) is 0.583. The lowest BCUT2D eigenvalue weighted by molar-refractivity contribution is 0.0868. The number of hydrogen-bond acceptors (Lipinski definition) is 5. The summed E-state index contributed by atoms with van der Waals surface area (Å²) in [5.41, 5.74) is 5.76. The molecule has 0 saturated heterocycles. The Morgan fingerprint density at radius 2 is 2.11 bits per heavy atom. The highest BCUT2D eigenvalue weighted by atomic mass is 16.3. The third kappa shape index (κ3) is 2.76. The number of nitrogens with one attached hydrogen (secondary N) is 1. The zero-order valence-corrected chi connectivity index (χ0v) is 10.2. The van der Waals surface area contributed by atoms with Gasteiger partial charge in [0.05, 0.1) is 0 Å². The molecule has 98 valence electrons. The van der Waals surface area contributed by atoms with Crippen LogP contribution in [0.15, 0.2) is 12.4 Å². The van der Waals surface area contributed by atoms with E-state index < -0.39 is 0 Å². The molecule has 4 N–H and O–H groups in total. The number of anilines is 1. The quantitative estimate of drug-likeness (QED) is 0.718. The van der Waals surface area contributed by atoms with E-state index in [1.807, 2.05) is 0 Å². The zero-order valence-electron chi connectivity index (χ0n) is 10.2. The van der Waals surface area contributed by atoms with Gasteiger partial charge in [0.1, 0.15) is 0 Å². The molecule has 1 aliphatic carbocycles. The Hall–Kier alpha value is -1.69. The van der Waals surface area contributed by atoms with Gasteiger partial charge in [-0.15, -0.1) is 0 Å². The van der Waals surface area contributed by atoms with E-state index in [2.05, 4.69) is 15.3 Å². The summed E-state index contributed by atoms with van der Waals surface area (Å²) in [4.78, 5) is 19.8. The van der Waals surface area contributed by atoms with E-state index in [-0.39, 0.29) is 36.0 Å². The minimum Gasteiger partial charge on any atom is -0.396 e. The van der Waals surface area contributed by atoms with Crippen LogP contribution in [0.3, 0.4) is 0 Å². The largest absolute Gasteiger partial charge is 0.396 e. The molecule has 0 spiro atoms. The predicted molar refractivity (Wildman–Crippen MR) is 66.7 cm³/mol. The maximum atomic E-state index is 12.0. The number of carbonyl (C=O) groups excluding carboxylic acids is 1. The number of nitrogens with two attached hydrogens (primary N) is 1. The molecule has 1 saturated carbocycles. The predicted octanol–water partition coefficient (Wildman–Crippen LogP) is 0.340. The summed E-state index contributed by atoms with van der Waals surface area (Å²) in [6, 6.07) is -0.00217. The molecule has 6 heteroatoms. The van der Waals surface area contributed by atoms with E-state index in [1.165, 1.54) is 12.4 Å². The molecule has 6 nitrogen and oxygen atoms in total. The molecule has 1 fully saturated rings. The maximum absolute atomic E-state index is 12.0. The van der Waals surface area contributed by atoms with E-state index in [1.54, 1.807) is 0 Å². The summed E-state index contributed by atoms with van der Waals surface area (Å²) in [6.07, 6.45) is 6.88. The van der Waals surface area contributed by atoms with Gasteiger partial charge in [-0.25, -0.2) is 9.97 Å². The van der Waals surface area contributed by atoms with Crippen molar-refractivity contribution in [3.05, 3.63) is 18.1 Å². The lowest BCUT2D eigenvalue weighted by Crippen LogP contribution is -2.43. The molecular weight excluding hydrogens is 232 g/mol. The van der Waals surface area contributed by atoms with E-state index in [0.717, 1.165) is 25.7 Å². The Balaban J connectivity index is 2.04. The van der Waals surface area contributed by atoms with Crippen LogP contribution in [0.2, 0.25) is 0 Å². The van der Waals surface area contributed by atoms with Crippen LogP contribution in [0.25, 0.3) is 0 Å². The minimum absolute atomic E-state index is 0.00217. The smallest absolute Gasteiger partial charge is 0.273 e. The zero-order chi connectivity index (χ0) is 13.0. The van der Waals surface area contributed by atoms with Crippen molar-refractivity contribution in [3.63, 3.8) is 0 Å². The Morgan fingerprint density at radius 3 is 2.83 bits per heavy atom. The van der Waals surface area contributed by atoms with Crippen molar-refractivity contribution in [2.75, 3.05) is 12.3 Å². The summed E-state index contributed by atoms with van der Waals surface area (Å²) in [7, 11) is 0. The summed E-state index contributed by atoms with van der Waals surface area (Å²) < 4.78 is 0. The molecular formula is C12H18N4O2. The van der Waals surface area contributed by atoms with Crippen LogP contribution in [0, 0.1) is 5.92 Å². The molecule has 2 rings (SSSR count). The van der Waals surface area contributed by atoms with Crippen LogP contribution in [-0.2, 0) is 0 Å². The average molecular weight is 250 g/mol. The highest BCUT2D eigenvalue weighted by Crippen LogP contribution is 2.24. The summed E-state index contributed by atoms with van der Waals surface area (Å²) >= 11 is 0. The van der Waals surface area contributed by atoms with Crippen molar-refractivity contribution in [2.45, 2.75) is 31.7 Å². The molecule has 2 atom stereocenters. The molecule has 0 aliphatic heterocycles. The first kappa shape index (κ1) is 12.8. The van der Waals surface area contributed by atoms with Gasteiger partial charge in [0.25, 0.3) is 5.91 Å². The van der Waals surface area contributed by atoms with Gasteiger partial charge in [-0.05, 0) is 12.8 Å². The molecule has 1 amide bonds. The first-order chi connectivity index (χ1) is 8.72. The van der Waals surface area contributed by atoms with Crippen LogP contribution >= 0.6 is 0 Å². The Kier molecular flexibility index (Phi) is 4.09. The molecule has 18 heavy (non-hydrogen) atoms. The van der Waals surface area contributed by atoms with Crippen molar-refractivity contribution in [2.24, 2.45) is 5.92 Å². The van der Waals surface area contributed by atoms with Crippen LogP contribution in [-0.4, -0.2) is 33.6 Å². The number of hydrogen-bond donors (Lipinski definition) is 3. The highest BCUT2D eigenvalue weighted by molar-refractivity contribution is 5.96. The number of nitrogen functional groups attached to an aromatic ring is 1. The third-order valence-electron chi connectivity index (χ3n) is 3.40. The van der Waals surface area contributed by atoms with Crippen molar-refractivity contribution >= 4 is 11.7 Å². The molecule has 0 bridgehead atoms. The Labute approximate surface area is 106 Å². The number of amides is 1. The van der Waals surface area contributed by atoms with Crippen LogP contribution in [0.4, 0.5) is 5.82 Å². The third-order valence-corrected chi connectivity index (χ3v) is 3.40. The van der Waals surface area contributed by atoms with E-state index in [0.29, 0.717) is 0 Å². The normalized spacial score (nSPS) is 23.6. The number of aliphatic hydroxyl groups is 1. The average Bonchev–Trinajstić information content (AvgIpc) is 2.39. The number of aromatic nitrogens is 2. The summed E-state index contributed by atoms with van der Waals surface area (Å²) in [5, 5.41) is 12.2. The Morgan fingerprint density at radius 1 is 1.39 bits per heavy atom. The van der Waals surface area contributed by atoms with E-state index >= 15 is 0 Å². The first-order valence-electron chi connectivity index (χ1n) is 6.20. The van der Waals surface area contributed by atoms with Crippen LogP contribution < -0.4 is 11.1 Å². The number of rotatable bonds is 3. The second-order valence-electron chi connectivity index (χ2n) is 4.60. The fourth-order valence-corrected chi connectivity index (χ4v) is 2.38. The van der Waals surface area contributed by atoms with Gasteiger partial charge in [-0.3, -0.25) is 4.79 Å². The number of aliphatic hydroxyl groups excluding tert-OH is 1. The van der Waals surface area contributed by atoms with Gasteiger partial charge in [0.15, 0.2) is 11.5 Å². The van der Waals surface area contributed by atoms with Crippen LogP contribution in [0.5, 0.6) is 0 Å². The molecule has 1 aromatic rings. The highest BCUT2D eigenvalue weighted by Gasteiger charge is 2.27. The van der Waals surface area contributed by atoms with Gasteiger partial charge in [0.2, 0.25) is 0 Å². The van der Waals surface area contributed by atoms with Crippen molar-refractivity contribution in [1.29, 1.82) is 0 Å². The molecule has 1 aliphatic rings. The molecule has 0 aromatic carbocycles. The minimum atomic E-state index is -0.314. The topological polar surface area (TPSA) is 101 Å². The van der Waals surface area contributed by atoms with Crippen molar-refractivity contribution in [1.82, 2.24) is 15.3 Å². The lowest BCUT2D eigenvalue weighted by Gasteiger charge is -2.30. The van der Waals surface area contributed by atoms with Crippen molar-refractivity contribution in [3.8, 4) is 0 Å². The molecule has 0 radical (unpaired) electrons. The molecule has 1 heterocycles. The van der Waals surface area contributed by atoms with Gasteiger partial charge < -0.3 is 16.2 Å². The maximum Gasteiger partial charge on any atom is 0.273 e. The van der Waals surface area contributed by atoms with E-state index in [9.17, 15) is 9.90 Å². The van der Waals surface area contributed by atoms with Crippen LogP contribution in [0.1, 0.15) is 36.2 Å². The van der Waals surface area contributed by atoms with Gasteiger partial charge in [0, 0.05) is 31.0 Å². The first-order valence-corrected chi connectivity index (χ1v) is 6.20. The summed E-state index contributed by atoms with van der Waals surface area (Å²) in [6.45, 7) is 0.0981. The van der Waals surface area contributed by atoms with Gasteiger partial charge >= 0.3 is 0 Å². The monoisotopic (exact) mass is 250 g/mol. The standard InChI is InChI=1S/C12H18N4O2/c13-11-10(14-5-6-15-11)12(18)16-9-4-2-1-3-8(9)7-17/h5-6,8-9,17H,1-4,7H2,(H2,13,15)(H,16,18). The molecule has 1 aromatic heterocycles. The lowest BCUT2D eigenvalue weighted by atomic mass is 9.85. The van der Waals surface area contributed by atoms with Crippen molar-refractivity contribution < 1.29 is 9.90 Å². The second-order valence-corrected chi connectivity index (χ2v) is 4.60. The summed E-state index contributed by atoms with van der Waals surface area (Å²) in [5.74, 6) is -0.0575. The SMILES string of the molecule is Nc1nccnc1C(=O)NC1CCCCC1CO. The molecule has 2 unspecified atom stereocenters. The van der Waals surface area contributed by atoms with E-state index in [4.69, 9.17) is 5.73 Å². The second kappa shape index (κ2) is 5.77.